The molecular formula is C25H30NO3-. The molecule has 1 atom stereocenters. The number of benzene rings is 1. The number of fused-ring (bicyclic) bond motifs is 2. The van der Waals surface area contributed by atoms with Crippen LogP contribution in [0.15, 0.2) is 34.8 Å². The maximum Gasteiger partial charge on any atom is 0.127 e. The van der Waals surface area contributed by atoms with Gasteiger partial charge in [-0.2, -0.15) is 0 Å². The number of nitrogens with zero attached hydrogens (tertiary/aromatic N) is 1. The van der Waals surface area contributed by atoms with Crippen molar-refractivity contribution in [3.05, 3.63) is 64.1 Å². The Balaban J connectivity index is 1.77. The van der Waals surface area contributed by atoms with Gasteiger partial charge in [0.15, 0.2) is 0 Å². The second-order valence-electron chi connectivity index (χ2n) is 10.0. The molecule has 1 aromatic carbocycles. The molecule has 0 radical (unpaired) electrons. The van der Waals surface area contributed by atoms with Crippen LogP contribution in [0.4, 0.5) is 0 Å². The Labute approximate surface area is 173 Å². The summed E-state index contributed by atoms with van der Waals surface area (Å²) in [6, 6.07) is 9.00. The van der Waals surface area contributed by atoms with Gasteiger partial charge in [0.1, 0.15) is 11.5 Å². The number of rotatable bonds is 3. The van der Waals surface area contributed by atoms with Crippen molar-refractivity contribution < 1.29 is 14.3 Å². The summed E-state index contributed by atoms with van der Waals surface area (Å²) in [5.41, 5.74) is 5.76. The molecular weight excluding hydrogens is 362 g/mol. The molecule has 0 bridgehead atoms. The van der Waals surface area contributed by atoms with E-state index in [-0.39, 0.29) is 16.7 Å². The van der Waals surface area contributed by atoms with Crippen molar-refractivity contribution in [2.24, 2.45) is 0 Å². The van der Waals surface area contributed by atoms with Crippen molar-refractivity contribution in [1.82, 2.24) is 4.90 Å². The summed E-state index contributed by atoms with van der Waals surface area (Å²) in [6.07, 6.45) is 4.89. The molecule has 0 amide bonds. The maximum absolute atomic E-state index is 10.8. The van der Waals surface area contributed by atoms with Crippen LogP contribution < -0.4 is 5.11 Å². The molecule has 0 N–H and O–H groups in total. The monoisotopic (exact) mass is 392 g/mol. The highest BCUT2D eigenvalue weighted by Crippen LogP contribution is 2.47. The highest BCUT2D eigenvalue weighted by atomic mass is 16.4. The predicted octanol–water partition coefficient (Wildman–Crippen LogP) is 3.97. The molecule has 2 aliphatic rings. The van der Waals surface area contributed by atoms with E-state index in [1.807, 2.05) is 6.07 Å². The van der Waals surface area contributed by atoms with Crippen LogP contribution in [0.3, 0.4) is 0 Å². The minimum atomic E-state index is -1.22. The topological polar surface area (TPSA) is 56.5 Å². The molecule has 2 heterocycles. The molecule has 1 aliphatic carbocycles. The first kappa shape index (κ1) is 20.0. The fraction of sp³-hybridized carbons (Fsp3) is 0.480. The lowest BCUT2D eigenvalue weighted by atomic mass is 9.62. The van der Waals surface area contributed by atoms with Crippen LogP contribution >= 0.6 is 0 Å². The lowest BCUT2D eigenvalue weighted by Gasteiger charge is -2.42. The first-order valence-corrected chi connectivity index (χ1v) is 10.4. The van der Waals surface area contributed by atoms with Crippen LogP contribution in [0.1, 0.15) is 80.2 Å². The van der Waals surface area contributed by atoms with Crippen LogP contribution in [0.2, 0.25) is 0 Å². The number of carboxylic acid groups (broad SMARTS) is 1. The Kier molecular flexibility index (Phi) is 4.73. The molecule has 154 valence electrons. The molecule has 4 rings (SSSR count). The van der Waals surface area contributed by atoms with E-state index in [4.69, 9.17) is 4.42 Å². The van der Waals surface area contributed by atoms with Gasteiger partial charge >= 0.3 is 0 Å². The van der Waals surface area contributed by atoms with Crippen LogP contribution in [0, 0.1) is 0 Å². The largest absolute Gasteiger partial charge is 0.545 e. The Bertz CT molecular complexity index is 980. The number of furan rings is 1. The highest BCUT2D eigenvalue weighted by Gasteiger charge is 2.38. The average molecular weight is 393 g/mol. The molecule has 29 heavy (non-hydrogen) atoms. The van der Waals surface area contributed by atoms with Gasteiger partial charge in [0.25, 0.3) is 0 Å². The van der Waals surface area contributed by atoms with Crippen molar-refractivity contribution in [3.8, 4) is 0 Å². The third-order valence-corrected chi connectivity index (χ3v) is 6.81. The van der Waals surface area contributed by atoms with E-state index in [2.05, 4.69) is 57.8 Å². The van der Waals surface area contributed by atoms with E-state index in [1.54, 1.807) is 0 Å². The molecule has 1 aliphatic heterocycles. The number of carbonyl (C=O) groups excluding carboxylic acids is 1. The summed E-state index contributed by atoms with van der Waals surface area (Å²) in [7, 11) is 2.10. The van der Waals surface area contributed by atoms with E-state index < -0.39 is 5.97 Å². The molecule has 4 nitrogen and oxygen atoms in total. The van der Waals surface area contributed by atoms with Crippen LogP contribution in [0.25, 0.3) is 6.08 Å². The lowest BCUT2D eigenvalue weighted by molar-refractivity contribution is -0.297. The molecule has 0 fully saturated rings. The number of hydrogen-bond acceptors (Lipinski definition) is 4. The smallest absolute Gasteiger partial charge is 0.127 e. The Morgan fingerprint density at radius 1 is 1.14 bits per heavy atom. The van der Waals surface area contributed by atoms with E-state index in [9.17, 15) is 9.90 Å². The number of carbonyl (C=O) groups is 1. The van der Waals surface area contributed by atoms with Gasteiger partial charge in [-0.05, 0) is 65.6 Å². The quantitative estimate of drug-likeness (QED) is 0.742. The molecule has 0 saturated carbocycles. The summed E-state index contributed by atoms with van der Waals surface area (Å²) in [6.45, 7) is 11.0. The number of carboxylic acids is 1. The molecule has 1 aromatic heterocycles. The van der Waals surface area contributed by atoms with E-state index >= 15 is 0 Å². The van der Waals surface area contributed by atoms with Gasteiger partial charge in [0.05, 0.1) is 12.5 Å². The summed E-state index contributed by atoms with van der Waals surface area (Å²) >= 11 is 0. The Morgan fingerprint density at radius 2 is 1.83 bits per heavy atom. The van der Waals surface area contributed by atoms with E-state index in [1.165, 1.54) is 35.6 Å². The summed E-state index contributed by atoms with van der Waals surface area (Å²) in [5, 5.41) is 10.8. The number of aliphatic carboxylic acids is 1. The van der Waals surface area contributed by atoms with Crippen molar-refractivity contribution in [1.29, 1.82) is 0 Å². The van der Waals surface area contributed by atoms with Gasteiger partial charge < -0.3 is 14.3 Å². The number of hydrogen-bond donors (Lipinski definition) is 0. The third kappa shape index (κ3) is 3.66. The van der Waals surface area contributed by atoms with Crippen molar-refractivity contribution >= 4 is 12.0 Å². The maximum atomic E-state index is 10.8. The first-order chi connectivity index (χ1) is 13.6. The third-order valence-electron chi connectivity index (χ3n) is 6.81. The van der Waals surface area contributed by atoms with Gasteiger partial charge in [-0.3, -0.25) is 4.90 Å². The van der Waals surface area contributed by atoms with Crippen LogP contribution in [-0.4, -0.2) is 24.5 Å². The van der Waals surface area contributed by atoms with Crippen molar-refractivity contribution in [2.75, 3.05) is 13.6 Å². The van der Waals surface area contributed by atoms with E-state index in [0.717, 1.165) is 30.5 Å². The van der Waals surface area contributed by atoms with Gasteiger partial charge in [0.2, 0.25) is 0 Å². The zero-order valence-corrected chi connectivity index (χ0v) is 18.0. The standard InChI is InChI=1S/C25H31NO3/c1-24(2)10-11-25(3,4)21-12-16(6-8-20(21)24)19-14-26(5)15-22-18(19)13-17(29-22)7-9-23(27)28/h6-9,12-13,19H,10-11,14-15H2,1-5H3,(H,27,28)/p-1/b9-7+. The Hall–Kier alpha value is -2.33. The fourth-order valence-corrected chi connectivity index (χ4v) is 4.94. The summed E-state index contributed by atoms with van der Waals surface area (Å²) in [5.74, 6) is 0.481. The molecule has 1 unspecified atom stereocenters. The SMILES string of the molecule is CN1Cc2oc(/C=C/C(=O)[O-])cc2C(c2ccc3c(c2)C(C)(C)CCC3(C)C)C1. The molecule has 0 spiro atoms. The Morgan fingerprint density at radius 3 is 2.52 bits per heavy atom. The van der Waals surface area contributed by atoms with E-state index in [0.29, 0.717) is 5.76 Å². The number of likely N-dealkylation sites (N-methyl/N-ethyl adjacent to an activating group) is 1. The molecule has 2 aromatic rings. The normalized spacial score (nSPS) is 23.0. The second kappa shape index (κ2) is 6.88. The summed E-state index contributed by atoms with van der Waals surface area (Å²) in [4.78, 5) is 13.0. The average Bonchev–Trinajstić information content (AvgIpc) is 3.05. The first-order valence-electron chi connectivity index (χ1n) is 10.4. The van der Waals surface area contributed by atoms with Crippen molar-refractivity contribution in [3.63, 3.8) is 0 Å². The summed E-state index contributed by atoms with van der Waals surface area (Å²) < 4.78 is 5.95. The van der Waals surface area contributed by atoms with Crippen LogP contribution in [-0.2, 0) is 22.2 Å². The van der Waals surface area contributed by atoms with Crippen molar-refractivity contribution in [2.45, 2.75) is 63.8 Å². The van der Waals surface area contributed by atoms with Gasteiger partial charge in [-0.1, -0.05) is 45.9 Å². The zero-order chi connectivity index (χ0) is 21.0. The van der Waals surface area contributed by atoms with Gasteiger partial charge in [-0.15, -0.1) is 0 Å². The lowest BCUT2D eigenvalue weighted by Crippen LogP contribution is -2.34. The second-order valence-corrected chi connectivity index (χ2v) is 10.0. The van der Waals surface area contributed by atoms with Crippen LogP contribution in [0.5, 0.6) is 0 Å². The predicted molar refractivity (Wildman–Crippen MR) is 113 cm³/mol. The molecule has 0 saturated heterocycles. The minimum Gasteiger partial charge on any atom is -0.545 e. The fourth-order valence-electron chi connectivity index (χ4n) is 4.94. The van der Waals surface area contributed by atoms with Gasteiger partial charge in [0, 0.05) is 18.0 Å². The molecule has 4 heteroatoms. The van der Waals surface area contributed by atoms with Gasteiger partial charge in [-0.25, -0.2) is 0 Å². The zero-order valence-electron chi connectivity index (χ0n) is 18.0. The highest BCUT2D eigenvalue weighted by molar-refractivity contribution is 5.83. The minimum absolute atomic E-state index is 0.170.